The van der Waals surface area contributed by atoms with Gasteiger partial charge in [0.05, 0.1) is 0 Å². The second-order valence-electron chi connectivity index (χ2n) is 8.31. The van der Waals surface area contributed by atoms with Crippen molar-refractivity contribution >= 4 is 11.9 Å². The highest BCUT2D eigenvalue weighted by molar-refractivity contribution is 5.89. The number of fused-ring (bicyclic) bond motifs is 2. The number of carbonyl (C=O) groups excluding carboxylic acids is 2. The third-order valence-electron chi connectivity index (χ3n) is 5.04. The Morgan fingerprint density at radius 1 is 1.24 bits per heavy atom. The van der Waals surface area contributed by atoms with Crippen molar-refractivity contribution in [3.63, 3.8) is 0 Å². The number of ether oxygens (including phenoxy) is 1. The van der Waals surface area contributed by atoms with E-state index in [0.717, 1.165) is 25.3 Å². The lowest BCUT2D eigenvalue weighted by atomic mass is 9.65. The minimum atomic E-state index is -0.898. The predicted molar refractivity (Wildman–Crippen MR) is 89.2 cm³/mol. The van der Waals surface area contributed by atoms with Crippen LogP contribution in [-0.2, 0) is 9.53 Å². The Balaban J connectivity index is 1.64. The van der Waals surface area contributed by atoms with Crippen molar-refractivity contribution in [2.24, 2.45) is 10.8 Å². The molecule has 1 aliphatic carbocycles. The zero-order chi connectivity index (χ0) is 18.4. The van der Waals surface area contributed by atoms with Crippen molar-refractivity contribution < 1.29 is 14.3 Å². The minimum absolute atomic E-state index is 0.101. The summed E-state index contributed by atoms with van der Waals surface area (Å²) in [7, 11) is 0. The highest BCUT2D eigenvalue weighted by Gasteiger charge is 2.50. The van der Waals surface area contributed by atoms with Crippen molar-refractivity contribution in [1.82, 2.24) is 14.9 Å². The first-order valence-corrected chi connectivity index (χ1v) is 8.37. The molecule has 1 amide bonds. The molecule has 0 aromatic carbocycles. The number of carbonyl (C=O) groups is 2. The third-order valence-corrected chi connectivity index (χ3v) is 5.04. The number of amides is 1. The molecule has 2 atom stereocenters. The molecule has 0 spiro atoms. The molecule has 8 nitrogen and oxygen atoms in total. The number of nitrogens with zero attached hydrogens (tertiary/aromatic N) is 1. The maximum Gasteiger partial charge on any atom is 0.355 e. The molecule has 25 heavy (non-hydrogen) atoms. The van der Waals surface area contributed by atoms with E-state index in [1.807, 2.05) is 9.88 Å². The van der Waals surface area contributed by atoms with Crippen LogP contribution >= 0.6 is 0 Å². The summed E-state index contributed by atoms with van der Waals surface area (Å²) in [4.78, 5) is 52.8. The van der Waals surface area contributed by atoms with Crippen LogP contribution in [0.2, 0.25) is 0 Å². The van der Waals surface area contributed by atoms with E-state index in [1.54, 1.807) is 0 Å². The van der Waals surface area contributed by atoms with Crippen LogP contribution in [0.15, 0.2) is 15.7 Å². The maximum atomic E-state index is 12.5. The molecule has 0 unspecified atom stereocenters. The molecule has 1 aromatic rings. The van der Waals surface area contributed by atoms with E-state index in [4.69, 9.17) is 4.74 Å². The van der Waals surface area contributed by atoms with E-state index in [2.05, 4.69) is 25.8 Å². The SMILES string of the molecule is CC1(C)C[C@H]2C[C@](C)(CN2C(=O)COC(=O)c2cc(=O)[nH]c(=O)[nH]2)C1. The largest absolute Gasteiger partial charge is 0.451 e. The van der Waals surface area contributed by atoms with Gasteiger partial charge < -0.3 is 14.6 Å². The van der Waals surface area contributed by atoms with Gasteiger partial charge in [-0.1, -0.05) is 20.8 Å². The summed E-state index contributed by atoms with van der Waals surface area (Å²) in [5, 5.41) is 0. The van der Waals surface area contributed by atoms with Crippen molar-refractivity contribution in [2.45, 2.75) is 46.1 Å². The second kappa shape index (κ2) is 5.86. The van der Waals surface area contributed by atoms with Gasteiger partial charge in [-0.05, 0) is 30.1 Å². The summed E-state index contributed by atoms with van der Waals surface area (Å²) in [5.74, 6) is -1.14. The average Bonchev–Trinajstić information content (AvgIpc) is 2.72. The Kier molecular flexibility index (Phi) is 4.09. The first-order chi connectivity index (χ1) is 11.6. The van der Waals surface area contributed by atoms with Gasteiger partial charge in [-0.3, -0.25) is 14.6 Å². The van der Waals surface area contributed by atoms with Gasteiger partial charge in [0.1, 0.15) is 5.69 Å². The number of aromatic nitrogens is 2. The van der Waals surface area contributed by atoms with Gasteiger partial charge in [0, 0.05) is 18.7 Å². The highest BCUT2D eigenvalue weighted by atomic mass is 16.5. The van der Waals surface area contributed by atoms with Crippen LogP contribution in [0, 0.1) is 10.8 Å². The Bertz CT molecular complexity index is 796. The summed E-state index contributed by atoms with van der Waals surface area (Å²) >= 11 is 0. The van der Waals surface area contributed by atoms with Crippen molar-refractivity contribution in [1.29, 1.82) is 0 Å². The van der Waals surface area contributed by atoms with Crippen molar-refractivity contribution in [2.75, 3.05) is 13.2 Å². The van der Waals surface area contributed by atoms with Gasteiger partial charge in [-0.2, -0.15) is 0 Å². The predicted octanol–water partition coefficient (Wildman–Crippen LogP) is 0.647. The van der Waals surface area contributed by atoms with Crippen molar-refractivity contribution in [3.8, 4) is 0 Å². The van der Waals surface area contributed by atoms with Crippen LogP contribution in [0.4, 0.5) is 0 Å². The zero-order valence-corrected chi connectivity index (χ0v) is 14.7. The Morgan fingerprint density at radius 2 is 1.96 bits per heavy atom. The van der Waals surface area contributed by atoms with Crippen LogP contribution in [0.5, 0.6) is 0 Å². The monoisotopic (exact) mass is 349 g/mol. The molecule has 1 aromatic heterocycles. The van der Waals surface area contributed by atoms with E-state index in [0.29, 0.717) is 6.54 Å². The van der Waals surface area contributed by atoms with Gasteiger partial charge in [-0.15, -0.1) is 0 Å². The average molecular weight is 349 g/mol. The van der Waals surface area contributed by atoms with Crippen LogP contribution < -0.4 is 11.2 Å². The molecule has 2 N–H and O–H groups in total. The number of aromatic amines is 2. The van der Waals surface area contributed by atoms with Gasteiger partial charge >= 0.3 is 11.7 Å². The summed E-state index contributed by atoms with van der Waals surface area (Å²) in [6.07, 6.45) is 2.97. The first kappa shape index (κ1) is 17.4. The van der Waals surface area contributed by atoms with E-state index in [-0.39, 0.29) is 28.5 Å². The molecule has 2 heterocycles. The Morgan fingerprint density at radius 3 is 2.64 bits per heavy atom. The molecule has 8 heteroatoms. The Hall–Kier alpha value is -2.38. The molecule has 2 fully saturated rings. The first-order valence-electron chi connectivity index (χ1n) is 8.37. The molecule has 0 radical (unpaired) electrons. The molecule has 1 saturated carbocycles. The lowest BCUT2D eigenvalue weighted by molar-refractivity contribution is -0.135. The zero-order valence-electron chi connectivity index (χ0n) is 14.7. The lowest BCUT2D eigenvalue weighted by Crippen LogP contribution is -2.40. The number of likely N-dealkylation sites (tertiary alicyclic amines) is 1. The minimum Gasteiger partial charge on any atom is -0.451 e. The highest BCUT2D eigenvalue weighted by Crippen LogP contribution is 2.52. The number of hydrogen-bond donors (Lipinski definition) is 2. The summed E-state index contributed by atoms with van der Waals surface area (Å²) < 4.78 is 4.99. The third kappa shape index (κ3) is 3.67. The summed E-state index contributed by atoms with van der Waals surface area (Å²) in [6, 6.07) is 1.10. The fraction of sp³-hybridized carbons (Fsp3) is 0.647. The van der Waals surface area contributed by atoms with Gasteiger partial charge in [-0.25, -0.2) is 9.59 Å². The number of nitrogens with one attached hydrogen (secondary N) is 2. The Labute approximate surface area is 144 Å². The second-order valence-corrected chi connectivity index (χ2v) is 8.31. The molecule has 136 valence electrons. The molecule has 1 aliphatic heterocycles. The van der Waals surface area contributed by atoms with Gasteiger partial charge in [0.2, 0.25) is 0 Å². The number of hydrogen-bond acceptors (Lipinski definition) is 5. The molecular weight excluding hydrogens is 326 g/mol. The standard InChI is InChI=1S/C17H23N3O5/c1-16(2)5-10-6-17(3,8-16)9-20(10)13(22)7-25-14(23)11-4-12(21)19-15(24)18-11/h4,10H,5-9H2,1-3H3,(H2,18,19,21,24)/t10-,17-/m0/s1. The molecular formula is C17H23N3O5. The van der Waals surface area contributed by atoms with Crippen LogP contribution in [0.1, 0.15) is 50.5 Å². The van der Waals surface area contributed by atoms with Gasteiger partial charge in [0.25, 0.3) is 11.5 Å². The fourth-order valence-corrected chi connectivity index (χ4v) is 4.62. The van der Waals surface area contributed by atoms with E-state index >= 15 is 0 Å². The van der Waals surface area contributed by atoms with Gasteiger partial charge in [0.15, 0.2) is 6.61 Å². The lowest BCUT2D eigenvalue weighted by Gasteiger charge is -2.39. The number of H-pyrrole nitrogens is 2. The molecule has 1 saturated heterocycles. The number of esters is 1. The fourth-order valence-electron chi connectivity index (χ4n) is 4.62. The topological polar surface area (TPSA) is 112 Å². The van der Waals surface area contributed by atoms with E-state index in [1.165, 1.54) is 0 Å². The van der Waals surface area contributed by atoms with Crippen LogP contribution in [0.25, 0.3) is 0 Å². The quantitative estimate of drug-likeness (QED) is 0.778. The molecule has 3 rings (SSSR count). The van der Waals surface area contributed by atoms with Crippen LogP contribution in [0.3, 0.4) is 0 Å². The molecule has 2 aliphatic rings. The van der Waals surface area contributed by atoms with Crippen LogP contribution in [-0.4, -0.2) is 45.9 Å². The smallest absolute Gasteiger partial charge is 0.355 e. The normalized spacial score (nSPS) is 27.2. The maximum absolute atomic E-state index is 12.5. The van der Waals surface area contributed by atoms with E-state index in [9.17, 15) is 19.2 Å². The number of rotatable bonds is 3. The van der Waals surface area contributed by atoms with E-state index < -0.39 is 23.8 Å². The van der Waals surface area contributed by atoms with Crippen molar-refractivity contribution in [3.05, 3.63) is 32.6 Å². The summed E-state index contributed by atoms with van der Waals surface area (Å²) in [5.41, 5.74) is -1.48. The summed E-state index contributed by atoms with van der Waals surface area (Å²) in [6.45, 7) is 6.89. The molecule has 2 bridgehead atoms.